The minimum Gasteiger partial charge on any atom is -0.494 e. The van der Waals surface area contributed by atoms with Crippen LogP contribution in [-0.2, 0) is 4.79 Å². The van der Waals surface area contributed by atoms with E-state index in [0.717, 1.165) is 12.8 Å². The minimum atomic E-state index is -0.281. The Labute approximate surface area is 146 Å². The van der Waals surface area contributed by atoms with E-state index in [0.29, 0.717) is 37.3 Å². The van der Waals surface area contributed by atoms with Gasteiger partial charge in [0.05, 0.1) is 6.61 Å². The summed E-state index contributed by atoms with van der Waals surface area (Å²) >= 11 is 0. The normalized spacial score (nSPS) is 28.0. The van der Waals surface area contributed by atoms with E-state index in [1.54, 1.807) is 23.5 Å². The second-order valence-corrected chi connectivity index (χ2v) is 6.88. The van der Waals surface area contributed by atoms with Crippen molar-refractivity contribution in [1.82, 2.24) is 15.4 Å². The molecule has 1 saturated carbocycles. The van der Waals surface area contributed by atoms with E-state index < -0.39 is 0 Å². The Morgan fingerprint density at radius 1 is 1.24 bits per heavy atom. The first-order valence-corrected chi connectivity index (χ1v) is 9.01. The van der Waals surface area contributed by atoms with Crippen molar-refractivity contribution in [2.75, 3.05) is 13.2 Å². The zero-order valence-corrected chi connectivity index (χ0v) is 14.1. The lowest BCUT2D eigenvalue weighted by Gasteiger charge is -2.33. The predicted molar refractivity (Wildman–Crippen MR) is 91.2 cm³/mol. The number of nitrogens with one attached hydrogen (secondary N) is 1. The van der Waals surface area contributed by atoms with Crippen LogP contribution in [0.5, 0.6) is 5.75 Å². The molecule has 7 heteroatoms. The van der Waals surface area contributed by atoms with Crippen molar-refractivity contribution < 1.29 is 13.9 Å². The van der Waals surface area contributed by atoms with Gasteiger partial charge in [-0.25, -0.2) is 14.8 Å². The molecule has 2 aliphatic heterocycles. The fraction of sp³-hybridized carbons (Fsp3) is 0.556. The molecule has 134 valence electrons. The summed E-state index contributed by atoms with van der Waals surface area (Å²) in [6.07, 6.45) is 7.07. The maximum absolute atomic E-state index is 12.9. The van der Waals surface area contributed by atoms with E-state index in [1.165, 1.54) is 25.0 Å². The van der Waals surface area contributed by atoms with Crippen molar-refractivity contribution >= 4 is 12.2 Å². The van der Waals surface area contributed by atoms with Crippen LogP contribution in [0.3, 0.4) is 0 Å². The summed E-state index contributed by atoms with van der Waals surface area (Å²) in [5, 5.41) is 7.74. The standard InChI is InChI=1S/C18H23FN4O2/c19-13-6-8-14(9-7-13)25-11-3-10-22-18(24)17-15-4-1-2-5-16(15)21-23(17)12-20-22/h6-9,12,15-17,21H,1-5,10-11H2. The average Bonchev–Trinajstić information content (AvgIpc) is 3.01. The molecular weight excluding hydrogens is 323 g/mol. The number of hydrogen-bond acceptors (Lipinski definition) is 5. The predicted octanol–water partition coefficient (Wildman–Crippen LogP) is 2.13. The zero-order valence-electron chi connectivity index (χ0n) is 14.1. The third-order valence-electron chi connectivity index (χ3n) is 5.26. The summed E-state index contributed by atoms with van der Waals surface area (Å²) in [7, 11) is 0. The van der Waals surface area contributed by atoms with Crippen molar-refractivity contribution in [3.63, 3.8) is 0 Å². The number of rotatable bonds is 5. The van der Waals surface area contributed by atoms with Gasteiger partial charge < -0.3 is 4.74 Å². The number of hydrazone groups is 1. The highest BCUT2D eigenvalue weighted by molar-refractivity contribution is 5.87. The van der Waals surface area contributed by atoms with Crippen molar-refractivity contribution in [2.45, 2.75) is 44.2 Å². The Morgan fingerprint density at radius 2 is 2.04 bits per heavy atom. The van der Waals surface area contributed by atoms with Gasteiger partial charge >= 0.3 is 0 Å². The molecule has 3 unspecified atom stereocenters. The molecule has 3 atom stereocenters. The van der Waals surface area contributed by atoms with E-state index in [-0.39, 0.29) is 17.8 Å². The van der Waals surface area contributed by atoms with Gasteiger partial charge in [0.25, 0.3) is 5.91 Å². The maximum atomic E-state index is 12.9. The fourth-order valence-electron chi connectivity index (χ4n) is 4.01. The fourth-order valence-corrected chi connectivity index (χ4v) is 4.01. The van der Waals surface area contributed by atoms with Gasteiger partial charge in [-0.2, -0.15) is 5.10 Å². The van der Waals surface area contributed by atoms with Crippen molar-refractivity contribution in [3.8, 4) is 5.75 Å². The first kappa shape index (κ1) is 16.3. The highest BCUT2D eigenvalue weighted by atomic mass is 19.1. The van der Waals surface area contributed by atoms with Crippen LogP contribution in [-0.4, -0.2) is 47.5 Å². The summed E-state index contributed by atoms with van der Waals surface area (Å²) in [6.45, 7) is 0.988. The molecule has 1 aliphatic carbocycles. The number of halogens is 1. The molecule has 6 nitrogen and oxygen atoms in total. The van der Waals surface area contributed by atoms with Gasteiger partial charge in [0.1, 0.15) is 23.9 Å². The van der Waals surface area contributed by atoms with Crippen LogP contribution in [0.15, 0.2) is 29.4 Å². The lowest BCUT2D eigenvalue weighted by atomic mass is 9.81. The van der Waals surface area contributed by atoms with E-state index in [4.69, 9.17) is 4.74 Å². The summed E-state index contributed by atoms with van der Waals surface area (Å²) in [5.74, 6) is 0.805. The number of benzene rings is 1. The molecule has 1 aromatic carbocycles. The molecule has 2 fully saturated rings. The summed E-state index contributed by atoms with van der Waals surface area (Å²) in [5.41, 5.74) is 3.42. The summed E-state index contributed by atoms with van der Waals surface area (Å²) < 4.78 is 18.4. The van der Waals surface area contributed by atoms with Gasteiger partial charge in [0.2, 0.25) is 0 Å². The number of fused-ring (bicyclic) bond motifs is 3. The van der Waals surface area contributed by atoms with Crippen molar-refractivity contribution in [3.05, 3.63) is 30.1 Å². The molecule has 0 bridgehead atoms. The van der Waals surface area contributed by atoms with Crippen molar-refractivity contribution in [1.29, 1.82) is 0 Å². The molecule has 25 heavy (non-hydrogen) atoms. The molecular formula is C18H23FN4O2. The molecule has 3 aliphatic rings. The second-order valence-electron chi connectivity index (χ2n) is 6.88. The number of ether oxygens (including phenoxy) is 1. The number of carbonyl (C=O) groups excluding carboxylic acids is 1. The minimum absolute atomic E-state index is 0.0752. The zero-order chi connectivity index (χ0) is 17.2. The molecule has 1 N–H and O–H groups in total. The van der Waals surface area contributed by atoms with Crippen LogP contribution in [0.4, 0.5) is 4.39 Å². The van der Waals surface area contributed by atoms with Gasteiger partial charge in [-0.15, -0.1) is 0 Å². The van der Waals surface area contributed by atoms with E-state index in [9.17, 15) is 9.18 Å². The number of hydrazine groups is 1. The molecule has 0 spiro atoms. The van der Waals surface area contributed by atoms with Gasteiger partial charge in [0.15, 0.2) is 0 Å². The first-order valence-electron chi connectivity index (χ1n) is 9.01. The average molecular weight is 346 g/mol. The van der Waals surface area contributed by atoms with Crippen LogP contribution in [0.1, 0.15) is 32.1 Å². The third-order valence-corrected chi connectivity index (χ3v) is 5.26. The van der Waals surface area contributed by atoms with Gasteiger partial charge in [-0.05, 0) is 37.1 Å². The summed E-state index contributed by atoms with van der Waals surface area (Å²) in [4.78, 5) is 12.8. The highest BCUT2D eigenvalue weighted by Crippen LogP contribution is 2.35. The molecule has 1 aromatic rings. The van der Waals surface area contributed by atoms with Gasteiger partial charge in [-0.1, -0.05) is 12.8 Å². The van der Waals surface area contributed by atoms with E-state index in [1.807, 2.05) is 5.01 Å². The van der Waals surface area contributed by atoms with Crippen LogP contribution in [0, 0.1) is 11.7 Å². The first-order chi connectivity index (χ1) is 12.2. The highest BCUT2D eigenvalue weighted by Gasteiger charge is 2.48. The molecule has 2 heterocycles. The lowest BCUT2D eigenvalue weighted by Crippen LogP contribution is -2.52. The quantitative estimate of drug-likeness (QED) is 0.830. The maximum Gasteiger partial charge on any atom is 0.267 e. The second kappa shape index (κ2) is 7.00. The Hall–Kier alpha value is -2.15. The lowest BCUT2D eigenvalue weighted by molar-refractivity contribution is -0.138. The number of nitrogens with zero attached hydrogens (tertiary/aromatic N) is 3. The Balaban J connectivity index is 1.29. The Morgan fingerprint density at radius 3 is 2.88 bits per heavy atom. The van der Waals surface area contributed by atoms with Crippen LogP contribution < -0.4 is 10.2 Å². The largest absolute Gasteiger partial charge is 0.494 e. The SMILES string of the molecule is O=C1C2C3CCCCC3NN2C=NN1CCCOc1ccc(F)cc1. The number of carbonyl (C=O) groups is 1. The number of amides is 1. The Kier molecular flexibility index (Phi) is 4.57. The molecule has 1 amide bonds. The smallest absolute Gasteiger partial charge is 0.267 e. The monoisotopic (exact) mass is 346 g/mol. The Bertz CT molecular complexity index is 651. The van der Waals surface area contributed by atoms with Crippen molar-refractivity contribution in [2.24, 2.45) is 11.0 Å². The molecule has 1 saturated heterocycles. The van der Waals surface area contributed by atoms with E-state index in [2.05, 4.69) is 10.5 Å². The van der Waals surface area contributed by atoms with Crippen LogP contribution >= 0.6 is 0 Å². The van der Waals surface area contributed by atoms with Gasteiger partial charge in [-0.3, -0.25) is 9.80 Å². The van der Waals surface area contributed by atoms with E-state index >= 15 is 0 Å². The van der Waals surface area contributed by atoms with Crippen LogP contribution in [0.2, 0.25) is 0 Å². The third kappa shape index (κ3) is 3.33. The van der Waals surface area contributed by atoms with Crippen LogP contribution in [0.25, 0.3) is 0 Å². The van der Waals surface area contributed by atoms with Gasteiger partial charge in [0, 0.05) is 24.9 Å². The summed E-state index contributed by atoms with van der Waals surface area (Å²) in [6, 6.07) is 6.22. The topological polar surface area (TPSA) is 57.2 Å². The molecule has 0 aromatic heterocycles. The molecule has 4 rings (SSSR count). The molecule has 0 radical (unpaired) electrons. The number of hydrogen-bond donors (Lipinski definition) is 1.